The lowest BCUT2D eigenvalue weighted by atomic mass is 10.0. The number of carbonyl (C=O) groups excluding carboxylic acids is 1. The summed E-state index contributed by atoms with van der Waals surface area (Å²) >= 11 is 0. The molecule has 1 saturated heterocycles. The van der Waals surface area contributed by atoms with Crippen LogP contribution in [-0.2, 0) is 16.0 Å². The second kappa shape index (κ2) is 8.30. The van der Waals surface area contributed by atoms with Crippen LogP contribution >= 0.6 is 0 Å². The first kappa shape index (κ1) is 17.0. The van der Waals surface area contributed by atoms with Crippen LogP contribution in [0.25, 0.3) is 0 Å². The molecule has 4 heteroatoms. The van der Waals surface area contributed by atoms with Gasteiger partial charge in [0.25, 0.3) is 0 Å². The fraction of sp³-hybridized carbons (Fsp3) is 0.611. The van der Waals surface area contributed by atoms with Crippen molar-refractivity contribution >= 4 is 5.91 Å². The predicted octanol–water partition coefficient (Wildman–Crippen LogP) is 2.11. The molecular weight excluding hydrogens is 276 g/mol. The molecule has 122 valence electrons. The van der Waals surface area contributed by atoms with E-state index in [9.17, 15) is 4.79 Å². The number of nitrogens with zero attached hydrogens (tertiary/aromatic N) is 2. The third kappa shape index (κ3) is 5.11. The summed E-state index contributed by atoms with van der Waals surface area (Å²) in [5.41, 5.74) is 2.64. The van der Waals surface area contributed by atoms with Crippen LogP contribution in [0, 0.1) is 6.92 Å². The molecule has 1 atom stereocenters. The average Bonchev–Trinajstić information content (AvgIpc) is 2.55. The number of likely N-dealkylation sites (N-methyl/N-ethyl adjacent to an activating group) is 1. The zero-order valence-electron chi connectivity index (χ0n) is 14.0. The first-order chi connectivity index (χ1) is 10.6. The van der Waals surface area contributed by atoms with Crippen LogP contribution in [0.5, 0.6) is 0 Å². The van der Waals surface area contributed by atoms with Gasteiger partial charge < -0.3 is 14.5 Å². The Hall–Kier alpha value is -1.39. The predicted molar refractivity (Wildman–Crippen MR) is 89.0 cm³/mol. The van der Waals surface area contributed by atoms with E-state index < -0.39 is 0 Å². The number of morpholine rings is 1. The van der Waals surface area contributed by atoms with Gasteiger partial charge in [0.05, 0.1) is 13.2 Å². The number of hydrogen-bond donors (Lipinski definition) is 0. The molecule has 0 spiro atoms. The number of hydrogen-bond acceptors (Lipinski definition) is 3. The van der Waals surface area contributed by atoms with Gasteiger partial charge in [-0.2, -0.15) is 0 Å². The molecule has 1 aromatic carbocycles. The molecule has 1 heterocycles. The molecule has 0 saturated carbocycles. The Kier molecular flexibility index (Phi) is 6.40. The molecule has 4 nitrogen and oxygen atoms in total. The summed E-state index contributed by atoms with van der Waals surface area (Å²) in [6.45, 7) is 7.96. The minimum Gasteiger partial charge on any atom is -0.378 e. The van der Waals surface area contributed by atoms with Crippen LogP contribution in [0.2, 0.25) is 0 Å². The number of aryl methyl sites for hydroxylation is 1. The molecule has 1 aliphatic heterocycles. The number of ether oxygens (including phenoxy) is 1. The Morgan fingerprint density at radius 3 is 2.55 bits per heavy atom. The molecule has 2 rings (SSSR count). The van der Waals surface area contributed by atoms with Crippen LogP contribution in [0.4, 0.5) is 0 Å². The topological polar surface area (TPSA) is 32.8 Å². The first-order valence-corrected chi connectivity index (χ1v) is 8.17. The van der Waals surface area contributed by atoms with Gasteiger partial charge in [0, 0.05) is 32.1 Å². The molecule has 0 radical (unpaired) electrons. The van der Waals surface area contributed by atoms with Gasteiger partial charge in [-0.3, -0.25) is 4.79 Å². The summed E-state index contributed by atoms with van der Waals surface area (Å²) in [4.78, 5) is 16.4. The summed E-state index contributed by atoms with van der Waals surface area (Å²) in [6, 6.07) is 9.13. The number of amides is 1. The highest BCUT2D eigenvalue weighted by molar-refractivity contribution is 5.76. The molecule has 0 aliphatic carbocycles. The molecule has 0 unspecified atom stereocenters. The molecule has 0 N–H and O–H groups in total. The van der Waals surface area contributed by atoms with E-state index >= 15 is 0 Å². The van der Waals surface area contributed by atoms with Gasteiger partial charge in [-0.25, -0.2) is 0 Å². The fourth-order valence-corrected chi connectivity index (χ4v) is 2.68. The van der Waals surface area contributed by atoms with Gasteiger partial charge >= 0.3 is 0 Å². The van der Waals surface area contributed by atoms with Gasteiger partial charge in [0.2, 0.25) is 5.91 Å². The van der Waals surface area contributed by atoms with E-state index in [-0.39, 0.29) is 5.91 Å². The van der Waals surface area contributed by atoms with Gasteiger partial charge in [0.1, 0.15) is 0 Å². The second-order valence-electron chi connectivity index (χ2n) is 6.26. The molecule has 1 aliphatic rings. The molecule has 22 heavy (non-hydrogen) atoms. The molecule has 1 aromatic rings. The maximum atomic E-state index is 12.2. The summed E-state index contributed by atoms with van der Waals surface area (Å²) in [5.74, 6) is 0.248. The summed E-state index contributed by atoms with van der Waals surface area (Å²) < 4.78 is 5.28. The van der Waals surface area contributed by atoms with E-state index in [1.54, 1.807) is 0 Å². The normalized spacial score (nSPS) is 16.8. The minimum absolute atomic E-state index is 0.248. The maximum Gasteiger partial charge on any atom is 0.224 e. The fourth-order valence-electron chi connectivity index (χ4n) is 2.68. The van der Waals surface area contributed by atoms with Crippen molar-refractivity contribution in [1.82, 2.24) is 9.80 Å². The van der Waals surface area contributed by atoms with Crippen molar-refractivity contribution in [3.63, 3.8) is 0 Å². The lowest BCUT2D eigenvalue weighted by Gasteiger charge is -2.29. The quantitative estimate of drug-likeness (QED) is 0.807. The number of benzene rings is 1. The lowest BCUT2D eigenvalue weighted by Crippen LogP contribution is -2.42. The minimum atomic E-state index is 0.248. The third-order valence-corrected chi connectivity index (χ3v) is 4.45. The van der Waals surface area contributed by atoms with Crippen molar-refractivity contribution in [3.8, 4) is 0 Å². The monoisotopic (exact) mass is 304 g/mol. The highest BCUT2D eigenvalue weighted by Gasteiger charge is 2.18. The van der Waals surface area contributed by atoms with Crippen molar-refractivity contribution in [1.29, 1.82) is 0 Å². The zero-order chi connectivity index (χ0) is 15.9. The smallest absolute Gasteiger partial charge is 0.224 e. The van der Waals surface area contributed by atoms with E-state index in [2.05, 4.69) is 50.1 Å². The van der Waals surface area contributed by atoms with Crippen molar-refractivity contribution in [2.24, 2.45) is 0 Å². The number of rotatable bonds is 6. The van der Waals surface area contributed by atoms with E-state index in [1.165, 1.54) is 11.1 Å². The summed E-state index contributed by atoms with van der Waals surface area (Å²) in [7, 11) is 2.10. The van der Waals surface area contributed by atoms with Crippen LogP contribution < -0.4 is 0 Å². The van der Waals surface area contributed by atoms with Crippen molar-refractivity contribution in [3.05, 3.63) is 35.4 Å². The van der Waals surface area contributed by atoms with Crippen LogP contribution in [0.1, 0.15) is 24.5 Å². The van der Waals surface area contributed by atoms with Gasteiger partial charge in [-0.15, -0.1) is 0 Å². The van der Waals surface area contributed by atoms with Gasteiger partial charge in [-0.1, -0.05) is 29.8 Å². The highest BCUT2D eigenvalue weighted by Crippen LogP contribution is 2.10. The number of carbonyl (C=O) groups is 1. The van der Waals surface area contributed by atoms with Crippen molar-refractivity contribution < 1.29 is 9.53 Å². The van der Waals surface area contributed by atoms with E-state index in [4.69, 9.17) is 4.74 Å². The Balaban J connectivity index is 1.74. The van der Waals surface area contributed by atoms with E-state index in [0.717, 1.165) is 26.1 Å². The molecule has 0 bridgehead atoms. The Morgan fingerprint density at radius 2 is 1.91 bits per heavy atom. The SMILES string of the molecule is Cc1ccc(C[C@H](C)N(C)CCC(=O)N2CCOCC2)cc1. The largest absolute Gasteiger partial charge is 0.378 e. The molecule has 1 fully saturated rings. The van der Waals surface area contributed by atoms with Crippen LogP contribution in [-0.4, -0.2) is 61.6 Å². The molecular formula is C18H28N2O2. The molecule has 0 aromatic heterocycles. The second-order valence-corrected chi connectivity index (χ2v) is 6.26. The average molecular weight is 304 g/mol. The molecule has 1 amide bonds. The van der Waals surface area contributed by atoms with Gasteiger partial charge in [-0.05, 0) is 32.9 Å². The lowest BCUT2D eigenvalue weighted by molar-refractivity contribution is -0.135. The first-order valence-electron chi connectivity index (χ1n) is 8.17. The Labute approximate surface area is 134 Å². The van der Waals surface area contributed by atoms with Crippen LogP contribution in [0.3, 0.4) is 0 Å². The maximum absolute atomic E-state index is 12.2. The summed E-state index contributed by atoms with van der Waals surface area (Å²) in [6.07, 6.45) is 1.61. The van der Waals surface area contributed by atoms with E-state index in [0.29, 0.717) is 25.7 Å². The van der Waals surface area contributed by atoms with Crippen LogP contribution in [0.15, 0.2) is 24.3 Å². The highest BCUT2D eigenvalue weighted by atomic mass is 16.5. The van der Waals surface area contributed by atoms with Crippen molar-refractivity contribution in [2.75, 3.05) is 39.9 Å². The Bertz CT molecular complexity index is 466. The standard InChI is InChI=1S/C18H28N2O2/c1-15-4-6-17(7-5-15)14-16(2)19(3)9-8-18(21)20-10-12-22-13-11-20/h4-7,16H,8-14H2,1-3H3/t16-/m0/s1. The van der Waals surface area contributed by atoms with Crippen molar-refractivity contribution in [2.45, 2.75) is 32.7 Å². The Morgan fingerprint density at radius 1 is 1.27 bits per heavy atom. The zero-order valence-corrected chi connectivity index (χ0v) is 14.0. The van der Waals surface area contributed by atoms with Gasteiger partial charge in [0.15, 0.2) is 0 Å². The third-order valence-electron chi connectivity index (χ3n) is 4.45. The summed E-state index contributed by atoms with van der Waals surface area (Å²) in [5, 5.41) is 0. The van der Waals surface area contributed by atoms with E-state index in [1.807, 2.05) is 4.90 Å².